The molecule has 0 fully saturated rings. The molecule has 76 valence electrons. The van der Waals surface area contributed by atoms with E-state index < -0.39 is 5.91 Å². The van der Waals surface area contributed by atoms with Crippen LogP contribution in [-0.4, -0.2) is 17.6 Å². The zero-order valence-corrected chi connectivity index (χ0v) is 7.56. The van der Waals surface area contributed by atoms with Crippen molar-refractivity contribution in [1.29, 1.82) is 0 Å². The first-order valence-electron chi connectivity index (χ1n) is 4.08. The summed E-state index contributed by atoms with van der Waals surface area (Å²) in [5, 5.41) is 8.83. The number of rotatable bonds is 4. The fourth-order valence-electron chi connectivity index (χ4n) is 0.924. The van der Waals surface area contributed by atoms with Gasteiger partial charge in [0.05, 0.1) is 6.61 Å². The molecule has 0 bridgehead atoms. The predicted molar refractivity (Wildman–Crippen MR) is 50.2 cm³/mol. The van der Waals surface area contributed by atoms with E-state index in [1.165, 1.54) is 0 Å². The van der Waals surface area contributed by atoms with E-state index in [2.05, 4.69) is 0 Å². The topological polar surface area (TPSA) is 84.6 Å². The largest absolute Gasteiger partial charge is 0.484 e. The lowest BCUT2D eigenvalue weighted by atomic mass is 10.2. The maximum Gasteiger partial charge on any atom is 0.271 e. The molecule has 1 rings (SSSR count). The van der Waals surface area contributed by atoms with Gasteiger partial charge in [-0.1, -0.05) is 12.1 Å². The van der Waals surface area contributed by atoms with Crippen LogP contribution in [0.4, 0.5) is 0 Å². The highest BCUT2D eigenvalue weighted by Crippen LogP contribution is 2.12. The average molecular weight is 196 g/mol. The van der Waals surface area contributed by atoms with Gasteiger partial charge in [0.1, 0.15) is 5.75 Å². The zero-order valence-electron chi connectivity index (χ0n) is 7.56. The van der Waals surface area contributed by atoms with E-state index >= 15 is 0 Å². The van der Waals surface area contributed by atoms with Crippen LogP contribution in [-0.2, 0) is 11.4 Å². The smallest absolute Gasteiger partial charge is 0.271 e. The Kier molecular flexibility index (Phi) is 3.90. The Morgan fingerprint density at radius 2 is 2.36 bits per heavy atom. The van der Waals surface area contributed by atoms with Gasteiger partial charge < -0.3 is 9.84 Å². The molecular formula is C9H12N2O3. The van der Waals surface area contributed by atoms with Crippen molar-refractivity contribution in [3.8, 4) is 5.75 Å². The minimum Gasteiger partial charge on any atom is -0.484 e. The molecule has 5 nitrogen and oxygen atoms in total. The van der Waals surface area contributed by atoms with E-state index in [9.17, 15) is 4.79 Å². The first-order chi connectivity index (χ1) is 6.76. The van der Waals surface area contributed by atoms with Gasteiger partial charge in [-0.15, -0.1) is 0 Å². The van der Waals surface area contributed by atoms with E-state index in [4.69, 9.17) is 15.7 Å². The molecule has 5 heteroatoms. The van der Waals surface area contributed by atoms with Crippen LogP contribution in [0.2, 0.25) is 0 Å². The quantitative estimate of drug-likeness (QED) is 0.346. The molecule has 1 aromatic rings. The summed E-state index contributed by atoms with van der Waals surface area (Å²) < 4.78 is 5.10. The van der Waals surface area contributed by atoms with Crippen LogP contribution in [0, 0.1) is 0 Å². The number of amides is 1. The molecule has 0 heterocycles. The highest BCUT2D eigenvalue weighted by atomic mass is 16.5. The lowest BCUT2D eigenvalue weighted by Crippen LogP contribution is -2.34. The molecule has 0 unspecified atom stereocenters. The molecule has 0 aromatic heterocycles. The van der Waals surface area contributed by atoms with E-state index in [0.717, 1.165) is 5.56 Å². The molecule has 4 N–H and O–H groups in total. The highest BCUT2D eigenvalue weighted by molar-refractivity contribution is 5.76. The third-order valence-electron chi connectivity index (χ3n) is 1.61. The lowest BCUT2D eigenvalue weighted by molar-refractivity contribution is -0.123. The fraction of sp³-hybridized carbons (Fsp3) is 0.222. The fourth-order valence-corrected chi connectivity index (χ4v) is 0.924. The summed E-state index contributed by atoms with van der Waals surface area (Å²) in [7, 11) is 0. The molecule has 14 heavy (non-hydrogen) atoms. The normalized spacial score (nSPS) is 9.57. The number of ether oxygens (including phenoxy) is 1. The molecule has 1 aromatic carbocycles. The van der Waals surface area contributed by atoms with Gasteiger partial charge in [-0.05, 0) is 17.7 Å². The molecule has 0 radical (unpaired) electrons. The first kappa shape index (κ1) is 10.5. The summed E-state index contributed by atoms with van der Waals surface area (Å²) >= 11 is 0. The van der Waals surface area contributed by atoms with Gasteiger partial charge in [0.15, 0.2) is 6.61 Å². The Hall–Kier alpha value is -1.59. The number of hydrogen-bond acceptors (Lipinski definition) is 4. The van der Waals surface area contributed by atoms with Crippen LogP contribution in [0.15, 0.2) is 24.3 Å². The Balaban J connectivity index is 2.54. The van der Waals surface area contributed by atoms with Crippen LogP contribution in [0.25, 0.3) is 0 Å². The van der Waals surface area contributed by atoms with Crippen LogP contribution >= 0.6 is 0 Å². The Labute approximate surface area is 81.5 Å². The van der Waals surface area contributed by atoms with Gasteiger partial charge in [0.2, 0.25) is 0 Å². The van der Waals surface area contributed by atoms with Gasteiger partial charge in [-0.25, -0.2) is 5.84 Å². The van der Waals surface area contributed by atoms with Crippen molar-refractivity contribution < 1.29 is 14.6 Å². The van der Waals surface area contributed by atoms with Crippen LogP contribution < -0.4 is 16.0 Å². The average Bonchev–Trinajstić information content (AvgIpc) is 2.26. The number of hydrazine groups is 1. The SMILES string of the molecule is NNC(=O)COc1cccc(CO)c1. The maximum absolute atomic E-state index is 10.7. The third-order valence-corrected chi connectivity index (χ3v) is 1.61. The third kappa shape index (κ3) is 3.04. The molecule has 0 atom stereocenters. The van der Waals surface area contributed by atoms with Gasteiger partial charge in [0, 0.05) is 0 Å². The second-order valence-corrected chi connectivity index (χ2v) is 2.66. The molecule has 0 aliphatic rings. The number of aliphatic hydroxyl groups is 1. The summed E-state index contributed by atoms with van der Waals surface area (Å²) in [4.78, 5) is 10.7. The maximum atomic E-state index is 10.7. The van der Waals surface area contributed by atoms with Crippen LogP contribution in [0.1, 0.15) is 5.56 Å². The summed E-state index contributed by atoms with van der Waals surface area (Å²) in [5.41, 5.74) is 2.68. The number of carbonyl (C=O) groups is 1. The summed E-state index contributed by atoms with van der Waals surface area (Å²) in [5.74, 6) is 5.00. The first-order valence-corrected chi connectivity index (χ1v) is 4.08. The number of hydrogen-bond donors (Lipinski definition) is 3. The molecule has 0 saturated carbocycles. The molecule has 1 amide bonds. The van der Waals surface area contributed by atoms with Crippen molar-refractivity contribution in [3.05, 3.63) is 29.8 Å². The van der Waals surface area contributed by atoms with E-state index in [0.29, 0.717) is 5.75 Å². The number of nitrogens with one attached hydrogen (secondary N) is 1. The molecule has 0 aliphatic heterocycles. The number of benzene rings is 1. The molecule has 0 saturated heterocycles. The van der Waals surface area contributed by atoms with Crippen molar-refractivity contribution in [2.75, 3.05) is 6.61 Å². The van der Waals surface area contributed by atoms with Crippen molar-refractivity contribution in [1.82, 2.24) is 5.43 Å². The van der Waals surface area contributed by atoms with Crippen molar-refractivity contribution >= 4 is 5.91 Å². The second kappa shape index (κ2) is 5.21. The minimum atomic E-state index is -0.403. The van der Waals surface area contributed by atoms with E-state index in [-0.39, 0.29) is 13.2 Å². The summed E-state index contributed by atoms with van der Waals surface area (Å²) in [6.45, 7) is -0.189. The Morgan fingerprint density at radius 1 is 1.57 bits per heavy atom. The Morgan fingerprint density at radius 3 is 3.00 bits per heavy atom. The van der Waals surface area contributed by atoms with Gasteiger partial charge in [-0.2, -0.15) is 0 Å². The summed E-state index contributed by atoms with van der Waals surface area (Å²) in [6, 6.07) is 6.85. The summed E-state index contributed by atoms with van der Waals surface area (Å²) in [6.07, 6.45) is 0. The number of nitrogens with two attached hydrogens (primary N) is 1. The van der Waals surface area contributed by atoms with Gasteiger partial charge in [-0.3, -0.25) is 10.2 Å². The number of carbonyl (C=O) groups excluding carboxylic acids is 1. The van der Waals surface area contributed by atoms with Crippen molar-refractivity contribution in [3.63, 3.8) is 0 Å². The number of aliphatic hydroxyl groups excluding tert-OH is 1. The van der Waals surface area contributed by atoms with Crippen molar-refractivity contribution in [2.45, 2.75) is 6.61 Å². The van der Waals surface area contributed by atoms with Gasteiger partial charge >= 0.3 is 0 Å². The minimum absolute atomic E-state index is 0.0553. The van der Waals surface area contributed by atoms with E-state index in [1.54, 1.807) is 24.3 Å². The lowest BCUT2D eigenvalue weighted by Gasteiger charge is -2.05. The van der Waals surface area contributed by atoms with Crippen LogP contribution in [0.3, 0.4) is 0 Å². The van der Waals surface area contributed by atoms with Crippen LogP contribution in [0.5, 0.6) is 5.75 Å². The monoisotopic (exact) mass is 196 g/mol. The Bertz CT molecular complexity index is 315. The zero-order chi connectivity index (χ0) is 10.4. The molecular weight excluding hydrogens is 184 g/mol. The standard InChI is InChI=1S/C9H12N2O3/c10-11-9(13)6-14-8-3-1-2-7(4-8)5-12/h1-4,12H,5-6,10H2,(H,11,13). The van der Waals surface area contributed by atoms with E-state index in [1.807, 2.05) is 5.43 Å². The molecule has 0 aliphatic carbocycles. The highest BCUT2D eigenvalue weighted by Gasteiger charge is 2.00. The molecule has 0 spiro atoms. The van der Waals surface area contributed by atoms with Gasteiger partial charge in [0.25, 0.3) is 5.91 Å². The second-order valence-electron chi connectivity index (χ2n) is 2.66. The predicted octanol–water partition coefficient (Wildman–Crippen LogP) is -0.452. The van der Waals surface area contributed by atoms with Crippen molar-refractivity contribution in [2.24, 2.45) is 5.84 Å².